The van der Waals surface area contributed by atoms with Crippen molar-refractivity contribution in [2.45, 2.75) is 20.3 Å². The standard InChI is InChI=1S/C19H19N3O3/c1-3-18-21-22-19(25-18)14-7-9-16(10-8-14)24-12-17(23)20-15-6-4-5-13(2)11-15/h4-11H,3,12H2,1-2H3,(H,20,23). The molecule has 3 aromatic rings. The van der Waals surface area contributed by atoms with Gasteiger partial charge in [-0.1, -0.05) is 19.1 Å². The second-order valence-corrected chi connectivity index (χ2v) is 5.59. The van der Waals surface area contributed by atoms with Gasteiger partial charge < -0.3 is 14.5 Å². The number of nitrogens with one attached hydrogen (secondary N) is 1. The molecule has 0 aliphatic carbocycles. The molecule has 6 heteroatoms. The van der Waals surface area contributed by atoms with Gasteiger partial charge in [0, 0.05) is 17.7 Å². The Morgan fingerprint density at radius 1 is 1.16 bits per heavy atom. The van der Waals surface area contributed by atoms with Gasteiger partial charge in [-0.3, -0.25) is 4.79 Å². The predicted molar refractivity (Wildman–Crippen MR) is 94.4 cm³/mol. The molecule has 128 valence electrons. The van der Waals surface area contributed by atoms with Crippen LogP contribution in [0.4, 0.5) is 5.69 Å². The fourth-order valence-corrected chi connectivity index (χ4v) is 2.28. The van der Waals surface area contributed by atoms with Gasteiger partial charge in [-0.25, -0.2) is 0 Å². The molecule has 1 N–H and O–H groups in total. The van der Waals surface area contributed by atoms with Crippen molar-refractivity contribution in [2.75, 3.05) is 11.9 Å². The lowest BCUT2D eigenvalue weighted by atomic mass is 10.2. The van der Waals surface area contributed by atoms with Crippen molar-refractivity contribution in [2.24, 2.45) is 0 Å². The average Bonchev–Trinajstić information content (AvgIpc) is 3.10. The van der Waals surface area contributed by atoms with Gasteiger partial charge in [-0.2, -0.15) is 0 Å². The van der Waals surface area contributed by atoms with Crippen molar-refractivity contribution in [1.82, 2.24) is 10.2 Å². The number of hydrogen-bond acceptors (Lipinski definition) is 5. The zero-order chi connectivity index (χ0) is 17.6. The Morgan fingerprint density at radius 3 is 2.64 bits per heavy atom. The van der Waals surface area contributed by atoms with E-state index >= 15 is 0 Å². The minimum Gasteiger partial charge on any atom is -0.484 e. The summed E-state index contributed by atoms with van der Waals surface area (Å²) in [6.45, 7) is 3.87. The number of aryl methyl sites for hydroxylation is 2. The Hall–Kier alpha value is -3.15. The van der Waals surface area contributed by atoms with Gasteiger partial charge in [0.15, 0.2) is 6.61 Å². The molecule has 0 unspecified atom stereocenters. The van der Waals surface area contributed by atoms with E-state index in [2.05, 4.69) is 15.5 Å². The van der Waals surface area contributed by atoms with Gasteiger partial charge in [-0.05, 0) is 48.9 Å². The largest absolute Gasteiger partial charge is 0.484 e. The van der Waals surface area contributed by atoms with E-state index < -0.39 is 0 Å². The first-order valence-electron chi connectivity index (χ1n) is 8.06. The highest BCUT2D eigenvalue weighted by Gasteiger charge is 2.08. The number of carbonyl (C=O) groups excluding carboxylic acids is 1. The smallest absolute Gasteiger partial charge is 0.262 e. The summed E-state index contributed by atoms with van der Waals surface area (Å²) in [6.07, 6.45) is 0.699. The summed E-state index contributed by atoms with van der Waals surface area (Å²) in [7, 11) is 0. The maximum absolute atomic E-state index is 12.0. The number of amides is 1. The molecule has 0 atom stereocenters. The third kappa shape index (κ3) is 4.44. The predicted octanol–water partition coefficient (Wildman–Crippen LogP) is 3.62. The van der Waals surface area contributed by atoms with E-state index in [4.69, 9.17) is 9.15 Å². The highest BCUT2D eigenvalue weighted by Crippen LogP contribution is 2.21. The minimum atomic E-state index is -0.209. The van der Waals surface area contributed by atoms with Crippen molar-refractivity contribution in [1.29, 1.82) is 0 Å². The Kier molecular flexibility index (Phi) is 5.09. The summed E-state index contributed by atoms with van der Waals surface area (Å²) in [4.78, 5) is 12.0. The zero-order valence-corrected chi connectivity index (χ0v) is 14.2. The van der Waals surface area contributed by atoms with Gasteiger partial charge >= 0.3 is 0 Å². The van der Waals surface area contributed by atoms with Crippen molar-refractivity contribution in [3.05, 3.63) is 60.0 Å². The molecule has 1 heterocycles. The Morgan fingerprint density at radius 2 is 1.96 bits per heavy atom. The molecular weight excluding hydrogens is 318 g/mol. The third-order valence-electron chi connectivity index (χ3n) is 3.54. The van der Waals surface area contributed by atoms with Crippen LogP contribution in [0.3, 0.4) is 0 Å². The Bertz CT molecular complexity index is 856. The monoisotopic (exact) mass is 337 g/mol. The van der Waals surface area contributed by atoms with E-state index in [9.17, 15) is 4.79 Å². The molecule has 1 aromatic heterocycles. The molecule has 25 heavy (non-hydrogen) atoms. The molecule has 0 bridgehead atoms. The molecule has 1 amide bonds. The molecule has 0 aliphatic heterocycles. The lowest BCUT2D eigenvalue weighted by molar-refractivity contribution is -0.118. The van der Waals surface area contributed by atoms with Crippen LogP contribution in [0.5, 0.6) is 5.75 Å². The van der Waals surface area contributed by atoms with E-state index in [1.54, 1.807) is 12.1 Å². The summed E-state index contributed by atoms with van der Waals surface area (Å²) in [6, 6.07) is 14.8. The fraction of sp³-hybridized carbons (Fsp3) is 0.211. The number of hydrogen-bond donors (Lipinski definition) is 1. The second kappa shape index (κ2) is 7.61. The molecule has 0 radical (unpaired) electrons. The Balaban J connectivity index is 1.55. The molecule has 0 spiro atoms. The summed E-state index contributed by atoms with van der Waals surface area (Å²) >= 11 is 0. The van der Waals surface area contributed by atoms with E-state index in [1.165, 1.54) is 0 Å². The number of carbonyl (C=O) groups is 1. The van der Waals surface area contributed by atoms with Crippen LogP contribution >= 0.6 is 0 Å². The second-order valence-electron chi connectivity index (χ2n) is 5.59. The normalized spacial score (nSPS) is 10.5. The fourth-order valence-electron chi connectivity index (χ4n) is 2.28. The first-order valence-corrected chi connectivity index (χ1v) is 8.06. The van der Waals surface area contributed by atoms with Crippen molar-refractivity contribution in [3.8, 4) is 17.2 Å². The van der Waals surface area contributed by atoms with Gasteiger partial charge in [-0.15, -0.1) is 10.2 Å². The van der Waals surface area contributed by atoms with E-state index in [-0.39, 0.29) is 12.5 Å². The van der Waals surface area contributed by atoms with Gasteiger partial charge in [0.2, 0.25) is 11.8 Å². The SMILES string of the molecule is CCc1nnc(-c2ccc(OCC(=O)Nc3cccc(C)c3)cc2)o1. The van der Waals surface area contributed by atoms with E-state index in [0.29, 0.717) is 24.0 Å². The molecular formula is C19H19N3O3. The highest BCUT2D eigenvalue weighted by molar-refractivity contribution is 5.91. The van der Waals surface area contributed by atoms with Crippen LogP contribution in [0, 0.1) is 6.92 Å². The molecule has 0 saturated carbocycles. The van der Waals surface area contributed by atoms with Crippen LogP contribution in [-0.4, -0.2) is 22.7 Å². The molecule has 3 rings (SSSR count). The minimum absolute atomic E-state index is 0.0617. The van der Waals surface area contributed by atoms with Gasteiger partial charge in [0.25, 0.3) is 5.91 Å². The zero-order valence-electron chi connectivity index (χ0n) is 14.2. The lowest BCUT2D eigenvalue weighted by Gasteiger charge is -2.08. The van der Waals surface area contributed by atoms with Gasteiger partial charge in [0.1, 0.15) is 5.75 Å². The Labute approximate surface area is 145 Å². The number of ether oxygens (including phenoxy) is 1. The van der Waals surface area contributed by atoms with Crippen LogP contribution in [0.2, 0.25) is 0 Å². The topological polar surface area (TPSA) is 77.2 Å². The van der Waals surface area contributed by atoms with Crippen molar-refractivity contribution < 1.29 is 13.9 Å². The number of benzene rings is 2. The van der Waals surface area contributed by atoms with Crippen molar-refractivity contribution >= 4 is 11.6 Å². The third-order valence-corrected chi connectivity index (χ3v) is 3.54. The summed E-state index contributed by atoms with van der Waals surface area (Å²) in [5, 5.41) is 10.7. The van der Waals surface area contributed by atoms with Crippen LogP contribution in [0.1, 0.15) is 18.4 Å². The van der Waals surface area contributed by atoms with Crippen LogP contribution in [0.15, 0.2) is 52.9 Å². The number of aromatic nitrogens is 2. The first-order chi connectivity index (χ1) is 12.1. The summed E-state index contributed by atoms with van der Waals surface area (Å²) in [5.41, 5.74) is 2.65. The molecule has 2 aromatic carbocycles. The number of anilines is 1. The van der Waals surface area contributed by atoms with Crippen LogP contribution in [0.25, 0.3) is 11.5 Å². The highest BCUT2D eigenvalue weighted by atomic mass is 16.5. The van der Waals surface area contributed by atoms with Crippen LogP contribution < -0.4 is 10.1 Å². The molecule has 0 aliphatic rings. The van der Waals surface area contributed by atoms with E-state index in [1.807, 2.05) is 50.2 Å². The van der Waals surface area contributed by atoms with Crippen molar-refractivity contribution in [3.63, 3.8) is 0 Å². The first kappa shape index (κ1) is 16.7. The molecule has 6 nitrogen and oxygen atoms in total. The van der Waals surface area contributed by atoms with Crippen LogP contribution in [-0.2, 0) is 11.2 Å². The number of rotatable bonds is 6. The average molecular weight is 337 g/mol. The maximum Gasteiger partial charge on any atom is 0.262 e. The molecule has 0 saturated heterocycles. The summed E-state index contributed by atoms with van der Waals surface area (Å²) < 4.78 is 11.0. The van der Waals surface area contributed by atoms with E-state index in [0.717, 1.165) is 16.8 Å². The maximum atomic E-state index is 12.0. The molecule has 0 fully saturated rings. The number of nitrogens with zero attached hydrogens (tertiary/aromatic N) is 2. The lowest BCUT2D eigenvalue weighted by Crippen LogP contribution is -2.20. The summed E-state index contributed by atoms with van der Waals surface area (Å²) in [5.74, 6) is 1.46. The quantitative estimate of drug-likeness (QED) is 0.743. The van der Waals surface area contributed by atoms with Gasteiger partial charge in [0.05, 0.1) is 0 Å².